The van der Waals surface area contributed by atoms with E-state index in [9.17, 15) is 0 Å². The minimum absolute atomic E-state index is 0.527. The van der Waals surface area contributed by atoms with E-state index in [1.54, 1.807) is 18.5 Å². The molecule has 1 nitrogen and oxygen atoms in total. The molecule has 1 aromatic rings. The van der Waals surface area contributed by atoms with Gasteiger partial charge in [0.05, 0.1) is 13.4 Å². The molecular weight excluding hydrogens is 329 g/mol. The van der Waals surface area contributed by atoms with Crippen LogP contribution >= 0.6 is 55.1 Å². The molecule has 0 aliphatic heterocycles. The summed E-state index contributed by atoms with van der Waals surface area (Å²) in [7, 11) is 0. The Morgan fingerprint density at radius 1 is 1.25 bits per heavy atom. The highest BCUT2D eigenvalue weighted by atomic mass is 79.9. The van der Waals surface area contributed by atoms with E-state index in [-0.39, 0.29) is 0 Å². The average Bonchev–Trinajstić information content (AvgIpc) is 1.97. The minimum atomic E-state index is 0.527. The standard InChI is InChI=1S/C7H3Br2Cl2N/c8-7(9)1-4-5(10)2-12-3-6(4)11/h1-3H. The second kappa shape index (κ2) is 4.61. The Labute approximate surface area is 97.0 Å². The summed E-state index contributed by atoms with van der Waals surface area (Å²) in [5.41, 5.74) is 0.747. The third-order valence-corrected chi connectivity index (χ3v) is 2.20. The highest BCUT2D eigenvalue weighted by molar-refractivity contribution is 9.28. The first-order valence-corrected chi connectivity index (χ1v) is 5.27. The second-order valence-electron chi connectivity index (χ2n) is 1.95. The van der Waals surface area contributed by atoms with Gasteiger partial charge in [0.1, 0.15) is 0 Å². The molecule has 0 spiro atoms. The molecule has 0 saturated heterocycles. The Morgan fingerprint density at radius 2 is 1.75 bits per heavy atom. The van der Waals surface area contributed by atoms with Crippen LogP contribution < -0.4 is 0 Å². The zero-order valence-corrected chi connectivity index (χ0v) is 10.4. The molecule has 0 saturated carbocycles. The summed E-state index contributed by atoms with van der Waals surface area (Å²) in [6.45, 7) is 0. The van der Waals surface area contributed by atoms with Crippen LogP contribution in [0, 0.1) is 0 Å². The van der Waals surface area contributed by atoms with Crippen LogP contribution in [0.25, 0.3) is 6.08 Å². The third-order valence-electron chi connectivity index (χ3n) is 1.14. The Kier molecular flexibility index (Phi) is 4.03. The highest BCUT2D eigenvalue weighted by Crippen LogP contribution is 2.28. The molecule has 1 aromatic heterocycles. The van der Waals surface area contributed by atoms with Crippen molar-refractivity contribution in [3.63, 3.8) is 0 Å². The van der Waals surface area contributed by atoms with Crippen molar-refractivity contribution in [1.82, 2.24) is 4.98 Å². The lowest BCUT2D eigenvalue weighted by Gasteiger charge is -1.99. The largest absolute Gasteiger partial charge is 0.262 e. The number of hydrogen-bond acceptors (Lipinski definition) is 1. The van der Waals surface area contributed by atoms with Crippen LogP contribution in [-0.2, 0) is 0 Å². The monoisotopic (exact) mass is 329 g/mol. The number of pyridine rings is 1. The predicted molar refractivity (Wildman–Crippen MR) is 60.1 cm³/mol. The SMILES string of the molecule is Clc1cncc(Cl)c1C=C(Br)Br. The van der Waals surface area contributed by atoms with Crippen molar-refractivity contribution in [2.75, 3.05) is 0 Å². The molecule has 12 heavy (non-hydrogen) atoms. The van der Waals surface area contributed by atoms with Crippen LogP contribution in [0.1, 0.15) is 5.56 Å². The summed E-state index contributed by atoms with van der Waals surface area (Å²) < 4.78 is 0.782. The van der Waals surface area contributed by atoms with Crippen LogP contribution in [0.3, 0.4) is 0 Å². The van der Waals surface area contributed by atoms with Gasteiger partial charge in [0.15, 0.2) is 0 Å². The lowest BCUT2D eigenvalue weighted by molar-refractivity contribution is 1.32. The maximum atomic E-state index is 5.84. The van der Waals surface area contributed by atoms with E-state index >= 15 is 0 Å². The van der Waals surface area contributed by atoms with Gasteiger partial charge in [-0.15, -0.1) is 0 Å². The van der Waals surface area contributed by atoms with E-state index in [2.05, 4.69) is 36.8 Å². The molecular formula is C7H3Br2Cl2N. The van der Waals surface area contributed by atoms with Gasteiger partial charge in [0.25, 0.3) is 0 Å². The van der Waals surface area contributed by atoms with Gasteiger partial charge >= 0.3 is 0 Å². The number of aromatic nitrogens is 1. The first-order chi connectivity index (χ1) is 5.61. The molecule has 5 heteroatoms. The van der Waals surface area contributed by atoms with Gasteiger partial charge < -0.3 is 0 Å². The summed E-state index contributed by atoms with van der Waals surface area (Å²) >= 11 is 18.1. The van der Waals surface area contributed by atoms with Crippen LogP contribution in [0.5, 0.6) is 0 Å². The van der Waals surface area contributed by atoms with Crippen molar-refractivity contribution >= 4 is 61.1 Å². The smallest absolute Gasteiger partial charge is 0.0677 e. The topological polar surface area (TPSA) is 12.9 Å². The molecule has 0 N–H and O–H groups in total. The minimum Gasteiger partial charge on any atom is -0.262 e. The Balaban J connectivity index is 3.22. The number of rotatable bonds is 1. The van der Waals surface area contributed by atoms with Crippen molar-refractivity contribution in [2.24, 2.45) is 0 Å². The normalized spacial score (nSPS) is 9.67. The molecule has 0 aliphatic rings. The van der Waals surface area contributed by atoms with Gasteiger partial charge in [-0.05, 0) is 37.9 Å². The Morgan fingerprint density at radius 3 is 2.17 bits per heavy atom. The molecule has 0 aromatic carbocycles. The molecule has 0 amide bonds. The average molecular weight is 332 g/mol. The fourth-order valence-electron chi connectivity index (χ4n) is 0.668. The quantitative estimate of drug-likeness (QED) is 0.739. The molecule has 0 aliphatic carbocycles. The summed E-state index contributed by atoms with van der Waals surface area (Å²) in [6.07, 6.45) is 4.86. The van der Waals surface area contributed by atoms with E-state index < -0.39 is 0 Å². The summed E-state index contributed by atoms with van der Waals surface area (Å²) in [4.78, 5) is 3.83. The summed E-state index contributed by atoms with van der Waals surface area (Å²) in [5, 5.41) is 1.05. The van der Waals surface area contributed by atoms with Gasteiger partial charge in [0, 0.05) is 18.0 Å². The third kappa shape index (κ3) is 2.73. The maximum absolute atomic E-state index is 5.84. The number of halogens is 4. The number of hydrogen-bond donors (Lipinski definition) is 0. The van der Waals surface area contributed by atoms with Crippen molar-refractivity contribution < 1.29 is 0 Å². The molecule has 1 rings (SSSR count). The first kappa shape index (κ1) is 10.5. The van der Waals surface area contributed by atoms with Crippen molar-refractivity contribution in [3.8, 4) is 0 Å². The summed E-state index contributed by atoms with van der Waals surface area (Å²) in [5.74, 6) is 0. The van der Waals surface area contributed by atoms with Gasteiger partial charge in [-0.1, -0.05) is 23.2 Å². The van der Waals surface area contributed by atoms with E-state index in [1.807, 2.05) is 0 Å². The van der Waals surface area contributed by atoms with Crippen LogP contribution in [0.15, 0.2) is 15.8 Å². The van der Waals surface area contributed by atoms with Gasteiger partial charge in [0.2, 0.25) is 0 Å². The highest BCUT2D eigenvalue weighted by Gasteiger charge is 2.02. The van der Waals surface area contributed by atoms with E-state index in [4.69, 9.17) is 23.2 Å². The Bertz CT molecular complexity index is 301. The zero-order valence-electron chi connectivity index (χ0n) is 5.69. The Hall–Kier alpha value is 0.430. The van der Waals surface area contributed by atoms with Gasteiger partial charge in [-0.2, -0.15) is 0 Å². The molecule has 0 fully saturated rings. The zero-order chi connectivity index (χ0) is 9.14. The number of nitrogens with zero attached hydrogens (tertiary/aromatic N) is 1. The van der Waals surface area contributed by atoms with E-state index in [0.29, 0.717) is 10.0 Å². The lowest BCUT2D eigenvalue weighted by Crippen LogP contribution is -1.80. The molecule has 1 heterocycles. The van der Waals surface area contributed by atoms with E-state index in [0.717, 1.165) is 8.96 Å². The summed E-state index contributed by atoms with van der Waals surface area (Å²) in [6, 6.07) is 0. The van der Waals surface area contributed by atoms with Crippen molar-refractivity contribution in [2.45, 2.75) is 0 Å². The van der Waals surface area contributed by atoms with Crippen LogP contribution in [0.4, 0.5) is 0 Å². The second-order valence-corrected chi connectivity index (χ2v) is 5.54. The van der Waals surface area contributed by atoms with Gasteiger partial charge in [-0.25, -0.2) is 0 Å². The lowest BCUT2D eigenvalue weighted by atomic mass is 10.3. The molecule has 0 radical (unpaired) electrons. The van der Waals surface area contributed by atoms with Crippen LogP contribution in [-0.4, -0.2) is 4.98 Å². The molecule has 0 atom stereocenters. The van der Waals surface area contributed by atoms with Crippen LogP contribution in [0.2, 0.25) is 10.0 Å². The van der Waals surface area contributed by atoms with Crippen molar-refractivity contribution in [1.29, 1.82) is 0 Å². The van der Waals surface area contributed by atoms with Gasteiger partial charge in [-0.3, -0.25) is 4.98 Å². The predicted octanol–water partition coefficient (Wildman–Crippen LogP) is 4.48. The molecule has 0 unspecified atom stereocenters. The van der Waals surface area contributed by atoms with E-state index in [1.165, 1.54) is 0 Å². The van der Waals surface area contributed by atoms with Crippen molar-refractivity contribution in [3.05, 3.63) is 31.4 Å². The fraction of sp³-hybridized carbons (Fsp3) is 0. The molecule has 0 bridgehead atoms. The first-order valence-electron chi connectivity index (χ1n) is 2.93. The maximum Gasteiger partial charge on any atom is 0.0677 e. The molecule has 64 valence electrons. The fourth-order valence-corrected chi connectivity index (χ4v) is 1.60.